The maximum Gasteiger partial charge on any atom is 0.417 e. The van der Waals surface area contributed by atoms with Crippen molar-refractivity contribution in [1.29, 1.82) is 0 Å². The van der Waals surface area contributed by atoms with Gasteiger partial charge in [0.1, 0.15) is 5.69 Å². The van der Waals surface area contributed by atoms with Gasteiger partial charge in [-0.3, -0.25) is 4.79 Å². The van der Waals surface area contributed by atoms with Crippen LogP contribution < -0.4 is 0 Å². The second-order valence-electron chi connectivity index (χ2n) is 6.48. The number of ketones is 1. The third-order valence-electron chi connectivity index (χ3n) is 4.56. The lowest BCUT2D eigenvalue weighted by molar-refractivity contribution is -0.137. The summed E-state index contributed by atoms with van der Waals surface area (Å²) in [6, 6.07) is 12.2. The van der Waals surface area contributed by atoms with Crippen LogP contribution in [0.2, 0.25) is 5.02 Å². The number of carbonyl (C=O) groups excluding carboxylic acids is 1. The number of benzene rings is 2. The fraction of sp³-hybridized carbons (Fsp3) is 0.0476. The van der Waals surface area contributed by atoms with E-state index in [1.807, 2.05) is 0 Å². The highest BCUT2D eigenvalue weighted by molar-refractivity contribution is 6.35. The van der Waals surface area contributed by atoms with Gasteiger partial charge in [-0.1, -0.05) is 35.9 Å². The first-order chi connectivity index (χ1) is 14.7. The summed E-state index contributed by atoms with van der Waals surface area (Å²) in [7, 11) is 0. The maximum atomic E-state index is 13.5. The van der Waals surface area contributed by atoms with Gasteiger partial charge in [0.2, 0.25) is 5.78 Å². The van der Waals surface area contributed by atoms with E-state index in [0.29, 0.717) is 10.9 Å². The molecule has 4 aromatic rings. The molecule has 0 saturated heterocycles. The van der Waals surface area contributed by atoms with E-state index in [9.17, 15) is 22.8 Å². The van der Waals surface area contributed by atoms with Gasteiger partial charge in [-0.25, -0.2) is 14.5 Å². The topological polar surface area (TPSA) is 85.1 Å². The number of halogens is 4. The van der Waals surface area contributed by atoms with Gasteiger partial charge in [-0.2, -0.15) is 18.3 Å². The first kappa shape index (κ1) is 20.5. The molecule has 0 fully saturated rings. The molecule has 0 aliphatic heterocycles. The van der Waals surface area contributed by atoms with E-state index >= 15 is 0 Å². The quantitative estimate of drug-likeness (QED) is 0.446. The van der Waals surface area contributed by atoms with Crippen molar-refractivity contribution in [3.63, 3.8) is 0 Å². The Morgan fingerprint density at radius 2 is 1.74 bits per heavy atom. The standard InChI is InChI=1S/C21H11ClF3N3O3/c22-14-6-3-5-13(21(23,24)25)17(14)19(29)18-12-4-1-2-7-15(12)28(27-18)16-9-8-11(10-26-16)20(30)31/h1-10H,(H,30,31). The molecule has 31 heavy (non-hydrogen) atoms. The molecule has 0 unspecified atom stereocenters. The van der Waals surface area contributed by atoms with Crippen LogP contribution in [0.25, 0.3) is 16.7 Å². The predicted molar refractivity (Wildman–Crippen MR) is 106 cm³/mol. The fourth-order valence-electron chi connectivity index (χ4n) is 3.16. The Kier molecular flexibility index (Phi) is 4.98. The van der Waals surface area contributed by atoms with Crippen LogP contribution in [0.5, 0.6) is 0 Å². The largest absolute Gasteiger partial charge is 0.478 e. The average Bonchev–Trinajstić information content (AvgIpc) is 3.12. The van der Waals surface area contributed by atoms with E-state index in [4.69, 9.17) is 16.7 Å². The average molecular weight is 446 g/mol. The molecule has 0 atom stereocenters. The Bertz CT molecular complexity index is 1330. The Hall–Kier alpha value is -3.72. The molecule has 0 bridgehead atoms. The highest BCUT2D eigenvalue weighted by Crippen LogP contribution is 2.37. The van der Waals surface area contributed by atoms with Crippen LogP contribution >= 0.6 is 11.6 Å². The fourth-order valence-corrected chi connectivity index (χ4v) is 3.42. The Morgan fingerprint density at radius 1 is 1.00 bits per heavy atom. The summed E-state index contributed by atoms with van der Waals surface area (Å²) in [6.45, 7) is 0. The Morgan fingerprint density at radius 3 is 2.39 bits per heavy atom. The second-order valence-corrected chi connectivity index (χ2v) is 6.88. The summed E-state index contributed by atoms with van der Waals surface area (Å²) in [5.74, 6) is -1.97. The second kappa shape index (κ2) is 7.51. The van der Waals surface area contributed by atoms with Crippen molar-refractivity contribution in [3.05, 3.63) is 88.2 Å². The van der Waals surface area contributed by atoms with Gasteiger partial charge in [-0.15, -0.1) is 0 Å². The maximum absolute atomic E-state index is 13.5. The predicted octanol–water partition coefficient (Wildman–Crippen LogP) is 5.02. The molecule has 1 N–H and O–H groups in total. The number of aromatic carboxylic acids is 1. The van der Waals surface area contributed by atoms with E-state index in [-0.39, 0.29) is 22.1 Å². The number of aromatic nitrogens is 3. The minimum absolute atomic E-state index is 0.0533. The monoisotopic (exact) mass is 445 g/mol. The number of alkyl halides is 3. The number of hydrogen-bond donors (Lipinski definition) is 1. The number of carbonyl (C=O) groups is 2. The van der Waals surface area contributed by atoms with Crippen LogP contribution in [0.1, 0.15) is 32.0 Å². The van der Waals surface area contributed by atoms with Gasteiger partial charge >= 0.3 is 12.1 Å². The SMILES string of the molecule is O=C(O)c1ccc(-n2nc(C(=O)c3c(Cl)cccc3C(F)(F)F)c3ccccc32)nc1. The van der Waals surface area contributed by atoms with Crippen LogP contribution in [-0.2, 0) is 6.18 Å². The number of pyridine rings is 1. The summed E-state index contributed by atoms with van der Waals surface area (Å²) >= 11 is 5.98. The Balaban J connectivity index is 1.91. The van der Waals surface area contributed by atoms with Crippen molar-refractivity contribution in [2.45, 2.75) is 6.18 Å². The van der Waals surface area contributed by atoms with Crippen LogP contribution in [-0.4, -0.2) is 31.6 Å². The zero-order valence-corrected chi connectivity index (χ0v) is 16.1. The van der Waals surface area contributed by atoms with E-state index < -0.39 is 29.1 Å². The molecular weight excluding hydrogens is 435 g/mol. The van der Waals surface area contributed by atoms with Crippen molar-refractivity contribution < 1.29 is 27.9 Å². The van der Waals surface area contributed by atoms with E-state index in [1.54, 1.807) is 24.3 Å². The highest BCUT2D eigenvalue weighted by Gasteiger charge is 2.37. The van der Waals surface area contributed by atoms with Crippen molar-refractivity contribution in [2.75, 3.05) is 0 Å². The molecule has 6 nitrogen and oxygen atoms in total. The Labute approximate surface area is 177 Å². The number of carboxylic acid groups (broad SMARTS) is 1. The minimum Gasteiger partial charge on any atom is -0.478 e. The van der Waals surface area contributed by atoms with Crippen LogP contribution in [0, 0.1) is 0 Å². The molecule has 156 valence electrons. The highest BCUT2D eigenvalue weighted by atomic mass is 35.5. The zero-order chi connectivity index (χ0) is 22.3. The molecule has 10 heteroatoms. The summed E-state index contributed by atoms with van der Waals surface area (Å²) in [5.41, 5.74) is -1.74. The molecule has 4 rings (SSSR count). The number of fused-ring (bicyclic) bond motifs is 1. The third-order valence-corrected chi connectivity index (χ3v) is 4.88. The molecule has 0 aliphatic carbocycles. The van der Waals surface area contributed by atoms with E-state index in [0.717, 1.165) is 18.3 Å². The van der Waals surface area contributed by atoms with Crippen molar-refractivity contribution in [3.8, 4) is 5.82 Å². The summed E-state index contributed by atoms with van der Waals surface area (Å²) < 4.78 is 41.8. The van der Waals surface area contributed by atoms with E-state index in [2.05, 4.69) is 10.1 Å². The van der Waals surface area contributed by atoms with Gasteiger partial charge in [0.05, 0.1) is 27.2 Å². The van der Waals surface area contributed by atoms with Crippen LogP contribution in [0.4, 0.5) is 13.2 Å². The molecule has 0 amide bonds. The first-order valence-corrected chi connectivity index (χ1v) is 9.14. The number of carboxylic acids is 1. The van der Waals surface area contributed by atoms with Gasteiger partial charge in [0, 0.05) is 11.6 Å². The van der Waals surface area contributed by atoms with Gasteiger partial charge in [-0.05, 0) is 30.3 Å². The van der Waals surface area contributed by atoms with Gasteiger partial charge in [0.15, 0.2) is 5.82 Å². The molecular formula is C21H11ClF3N3O3. The summed E-state index contributed by atoms with van der Waals surface area (Å²) in [5, 5.41) is 13.2. The van der Waals surface area contributed by atoms with Crippen molar-refractivity contribution in [1.82, 2.24) is 14.8 Å². The molecule has 0 aliphatic rings. The third kappa shape index (κ3) is 3.64. The lowest BCUT2D eigenvalue weighted by atomic mass is 9.99. The zero-order valence-electron chi connectivity index (χ0n) is 15.4. The molecule has 2 aromatic carbocycles. The van der Waals surface area contributed by atoms with Crippen molar-refractivity contribution in [2.24, 2.45) is 0 Å². The number of rotatable bonds is 4. The summed E-state index contributed by atoms with van der Waals surface area (Å²) in [6.07, 6.45) is -3.67. The first-order valence-electron chi connectivity index (χ1n) is 8.76. The minimum atomic E-state index is -4.79. The smallest absolute Gasteiger partial charge is 0.417 e. The molecule has 2 heterocycles. The number of hydrogen-bond acceptors (Lipinski definition) is 4. The van der Waals surface area contributed by atoms with Gasteiger partial charge in [0.25, 0.3) is 0 Å². The molecule has 0 radical (unpaired) electrons. The number of nitrogens with zero attached hydrogens (tertiary/aromatic N) is 3. The molecule has 2 aromatic heterocycles. The van der Waals surface area contributed by atoms with Crippen LogP contribution in [0.3, 0.4) is 0 Å². The normalized spacial score (nSPS) is 11.6. The molecule has 0 saturated carbocycles. The van der Waals surface area contributed by atoms with Gasteiger partial charge < -0.3 is 5.11 Å². The van der Waals surface area contributed by atoms with Crippen molar-refractivity contribution >= 4 is 34.3 Å². The summed E-state index contributed by atoms with van der Waals surface area (Å²) in [4.78, 5) is 28.3. The number of para-hydroxylation sites is 1. The molecule has 0 spiro atoms. The van der Waals surface area contributed by atoms with Crippen LogP contribution in [0.15, 0.2) is 60.8 Å². The van der Waals surface area contributed by atoms with E-state index in [1.165, 1.54) is 22.9 Å². The lowest BCUT2D eigenvalue weighted by Gasteiger charge is -2.12. The lowest BCUT2D eigenvalue weighted by Crippen LogP contribution is -2.15.